The summed E-state index contributed by atoms with van der Waals surface area (Å²) < 4.78 is 13.5. The van der Waals surface area contributed by atoms with Gasteiger partial charge in [0, 0.05) is 44.1 Å². The third-order valence-corrected chi connectivity index (χ3v) is 6.81. The van der Waals surface area contributed by atoms with Crippen molar-refractivity contribution in [3.63, 3.8) is 0 Å². The number of pyridine rings is 2. The van der Waals surface area contributed by atoms with E-state index in [-0.39, 0.29) is 33.7 Å². The number of piperidine rings is 1. The Morgan fingerprint density at radius 1 is 0.848 bits per heavy atom. The van der Waals surface area contributed by atoms with Crippen LogP contribution in [-0.4, -0.2) is 71.8 Å². The van der Waals surface area contributed by atoms with Crippen molar-refractivity contribution in [2.45, 2.75) is 45.2 Å². The van der Waals surface area contributed by atoms with Gasteiger partial charge in [-0.1, -0.05) is 0 Å². The quantitative estimate of drug-likeness (QED) is 0.611. The molecule has 3 rings (SSSR count). The fourth-order valence-electron chi connectivity index (χ4n) is 4.95. The molecule has 0 radical (unpaired) electrons. The summed E-state index contributed by atoms with van der Waals surface area (Å²) in [6.07, 6.45) is 0.825. The second-order valence-electron chi connectivity index (χ2n) is 8.88. The van der Waals surface area contributed by atoms with Gasteiger partial charge in [-0.25, -0.2) is 0 Å². The Morgan fingerprint density at radius 2 is 1.24 bits per heavy atom. The van der Waals surface area contributed by atoms with Crippen molar-refractivity contribution in [2.75, 3.05) is 47.6 Å². The molecular weight excluding hydrogens is 426 g/mol. The number of hydrogen-bond donors (Lipinski definition) is 2. The van der Waals surface area contributed by atoms with E-state index in [4.69, 9.17) is 9.47 Å². The lowest BCUT2D eigenvalue weighted by Crippen LogP contribution is -2.49. The Bertz CT molecular complexity index is 1030. The van der Waals surface area contributed by atoms with Crippen molar-refractivity contribution < 1.29 is 19.7 Å². The maximum absolute atomic E-state index is 13.7. The van der Waals surface area contributed by atoms with Gasteiger partial charge in [-0.2, -0.15) is 0 Å². The smallest absolute Gasteiger partial charge is 0.258 e. The highest BCUT2D eigenvalue weighted by Crippen LogP contribution is 2.45. The molecule has 9 nitrogen and oxygen atoms in total. The summed E-state index contributed by atoms with van der Waals surface area (Å²) in [6.45, 7) is 6.03. The van der Waals surface area contributed by atoms with Gasteiger partial charge in [0.25, 0.3) is 11.1 Å². The van der Waals surface area contributed by atoms with E-state index in [1.54, 1.807) is 49.3 Å². The Hall–Kier alpha value is -2.62. The van der Waals surface area contributed by atoms with Crippen molar-refractivity contribution in [1.82, 2.24) is 14.0 Å². The topological polar surface area (TPSA) is 106 Å². The molecule has 3 heterocycles. The van der Waals surface area contributed by atoms with Gasteiger partial charge in [0.1, 0.15) is 11.5 Å². The minimum Gasteiger partial charge on any atom is -0.507 e. The average molecular weight is 462 g/mol. The van der Waals surface area contributed by atoms with Crippen LogP contribution in [0.3, 0.4) is 0 Å². The Kier molecular flexibility index (Phi) is 7.66. The first kappa shape index (κ1) is 25.0. The molecule has 0 spiro atoms. The molecule has 0 aliphatic carbocycles. The molecule has 0 saturated carbocycles. The van der Waals surface area contributed by atoms with Gasteiger partial charge in [-0.05, 0) is 59.0 Å². The summed E-state index contributed by atoms with van der Waals surface area (Å²) in [4.78, 5) is 29.6. The van der Waals surface area contributed by atoms with Gasteiger partial charge in [0.15, 0.2) is 0 Å². The largest absolute Gasteiger partial charge is 0.507 e. The summed E-state index contributed by atoms with van der Waals surface area (Å²) in [6, 6.07) is 3.11. The molecule has 0 bridgehead atoms. The summed E-state index contributed by atoms with van der Waals surface area (Å²) in [5, 5.41) is 22.1. The molecule has 1 saturated heterocycles. The van der Waals surface area contributed by atoms with Crippen LogP contribution in [0.4, 0.5) is 0 Å². The van der Waals surface area contributed by atoms with Crippen LogP contribution in [0.25, 0.3) is 0 Å². The molecule has 0 unspecified atom stereocenters. The van der Waals surface area contributed by atoms with E-state index >= 15 is 0 Å². The van der Waals surface area contributed by atoms with E-state index in [0.717, 1.165) is 0 Å². The second kappa shape index (κ2) is 10.1. The fraction of sp³-hybridized carbons (Fsp3) is 0.583. The van der Waals surface area contributed by atoms with Crippen LogP contribution < -0.4 is 11.1 Å². The van der Waals surface area contributed by atoms with Crippen LogP contribution in [0, 0.1) is 13.8 Å². The molecule has 182 valence electrons. The normalized spacial score (nSPS) is 16.3. The lowest BCUT2D eigenvalue weighted by molar-refractivity contribution is 0.181. The molecule has 1 aliphatic heterocycles. The maximum Gasteiger partial charge on any atom is 0.258 e. The molecule has 2 aromatic rings. The first-order chi connectivity index (χ1) is 15.7. The molecule has 1 aliphatic rings. The zero-order valence-electron chi connectivity index (χ0n) is 20.2. The van der Waals surface area contributed by atoms with Crippen molar-refractivity contribution in [3.05, 3.63) is 55.4 Å². The SMILES string of the molecule is COCCn1c(C)cc(O)c(C2(c3c(O)cc(C)n(CCOC)c3=O)CCN(C)CC2)c1=O. The molecular formula is C24H35N3O6. The number of aromatic nitrogens is 2. The van der Waals surface area contributed by atoms with Crippen LogP contribution in [0.15, 0.2) is 21.7 Å². The van der Waals surface area contributed by atoms with E-state index in [9.17, 15) is 19.8 Å². The zero-order valence-corrected chi connectivity index (χ0v) is 20.2. The van der Waals surface area contributed by atoms with Gasteiger partial charge in [0.2, 0.25) is 0 Å². The van der Waals surface area contributed by atoms with Crippen molar-refractivity contribution in [2.24, 2.45) is 0 Å². The maximum atomic E-state index is 13.7. The van der Waals surface area contributed by atoms with E-state index in [1.807, 2.05) is 7.05 Å². The standard InChI is InChI=1S/C24H35N3O6/c1-16-14-18(28)20(22(30)26(16)10-12-32-4)24(6-8-25(3)9-7-24)21-19(29)15-17(2)27(23(21)31)11-13-33-5/h14-15,28-29H,6-13H2,1-5H3. The lowest BCUT2D eigenvalue weighted by atomic mass is 9.67. The number of aromatic hydroxyl groups is 2. The predicted octanol–water partition coefficient (Wildman–Crippen LogP) is 1.34. The molecule has 2 aromatic heterocycles. The summed E-state index contributed by atoms with van der Waals surface area (Å²) in [7, 11) is 5.10. The second-order valence-corrected chi connectivity index (χ2v) is 8.88. The number of likely N-dealkylation sites (tertiary alicyclic amines) is 1. The number of nitrogens with zero attached hydrogens (tertiary/aromatic N) is 3. The minimum absolute atomic E-state index is 0.154. The Labute approximate surface area is 193 Å². The van der Waals surface area contributed by atoms with Gasteiger partial charge in [0.05, 0.1) is 24.3 Å². The van der Waals surface area contributed by atoms with Crippen LogP contribution in [0.5, 0.6) is 11.5 Å². The highest BCUT2D eigenvalue weighted by Gasteiger charge is 2.45. The number of rotatable bonds is 8. The van der Waals surface area contributed by atoms with E-state index in [0.29, 0.717) is 63.6 Å². The van der Waals surface area contributed by atoms with Gasteiger partial charge in [-0.3, -0.25) is 9.59 Å². The number of aryl methyl sites for hydroxylation is 2. The molecule has 0 amide bonds. The molecule has 1 fully saturated rings. The third-order valence-electron chi connectivity index (χ3n) is 6.81. The molecule has 9 heteroatoms. The third kappa shape index (κ3) is 4.58. The monoisotopic (exact) mass is 461 g/mol. The Balaban J connectivity index is 2.35. The van der Waals surface area contributed by atoms with Gasteiger partial charge >= 0.3 is 0 Å². The van der Waals surface area contributed by atoms with Crippen LogP contribution in [-0.2, 0) is 28.0 Å². The van der Waals surface area contributed by atoms with Crippen molar-refractivity contribution in [3.8, 4) is 11.5 Å². The lowest BCUT2D eigenvalue weighted by Gasteiger charge is -2.41. The van der Waals surface area contributed by atoms with E-state index < -0.39 is 5.41 Å². The van der Waals surface area contributed by atoms with Gasteiger partial charge < -0.3 is 33.7 Å². The predicted molar refractivity (Wildman–Crippen MR) is 125 cm³/mol. The highest BCUT2D eigenvalue weighted by molar-refractivity contribution is 5.51. The number of hydrogen-bond acceptors (Lipinski definition) is 7. The minimum atomic E-state index is -1.13. The summed E-state index contributed by atoms with van der Waals surface area (Å²) in [5.74, 6) is -0.308. The van der Waals surface area contributed by atoms with E-state index in [2.05, 4.69) is 4.90 Å². The first-order valence-electron chi connectivity index (χ1n) is 11.2. The highest BCUT2D eigenvalue weighted by atomic mass is 16.5. The van der Waals surface area contributed by atoms with Crippen LogP contribution >= 0.6 is 0 Å². The van der Waals surface area contributed by atoms with Crippen LogP contribution in [0.2, 0.25) is 0 Å². The van der Waals surface area contributed by atoms with Gasteiger partial charge in [-0.15, -0.1) is 0 Å². The number of ether oxygens (including phenoxy) is 2. The molecule has 33 heavy (non-hydrogen) atoms. The molecule has 0 atom stereocenters. The fourth-order valence-corrected chi connectivity index (χ4v) is 4.95. The van der Waals surface area contributed by atoms with Crippen LogP contribution in [0.1, 0.15) is 35.4 Å². The van der Waals surface area contributed by atoms with E-state index in [1.165, 1.54) is 0 Å². The van der Waals surface area contributed by atoms with Crippen molar-refractivity contribution in [1.29, 1.82) is 0 Å². The number of methoxy groups -OCH3 is 2. The van der Waals surface area contributed by atoms with Crippen molar-refractivity contribution >= 4 is 0 Å². The zero-order chi connectivity index (χ0) is 24.3. The summed E-state index contributed by atoms with van der Waals surface area (Å²) >= 11 is 0. The average Bonchev–Trinajstić information content (AvgIpc) is 2.75. The molecule has 0 aromatic carbocycles. The Morgan fingerprint density at radius 3 is 1.61 bits per heavy atom. The first-order valence-corrected chi connectivity index (χ1v) is 11.2. The summed E-state index contributed by atoms with van der Waals surface area (Å²) in [5.41, 5.74) is -0.327. The molecule has 2 N–H and O–H groups in total.